The molecule has 2 unspecified atom stereocenters. The summed E-state index contributed by atoms with van der Waals surface area (Å²) < 4.78 is 5.01. The van der Waals surface area contributed by atoms with Crippen molar-refractivity contribution < 1.29 is 9.53 Å². The minimum atomic E-state index is -0.549. The van der Waals surface area contributed by atoms with Crippen LogP contribution in [0.5, 0.6) is 0 Å². The van der Waals surface area contributed by atoms with Crippen molar-refractivity contribution in [2.24, 2.45) is 11.5 Å². The highest BCUT2D eigenvalue weighted by Crippen LogP contribution is 1.98. The second kappa shape index (κ2) is 6.75. The summed E-state index contributed by atoms with van der Waals surface area (Å²) in [5, 5.41) is 0. The molecule has 5 nitrogen and oxygen atoms in total. The zero-order valence-corrected chi connectivity index (χ0v) is 9.19. The lowest BCUT2D eigenvalue weighted by Gasteiger charge is -2.24. The molecule has 0 rings (SSSR count). The molecular weight excluding hydrogens is 182 g/mol. The Kier molecular flexibility index (Phi) is 6.44. The number of ether oxygens (including phenoxy) is 1. The van der Waals surface area contributed by atoms with Gasteiger partial charge in [0, 0.05) is 19.7 Å². The number of nitrogens with two attached hydrogens (primary N) is 2. The van der Waals surface area contributed by atoms with E-state index < -0.39 is 11.9 Å². The Hall–Kier alpha value is -0.650. The average molecular weight is 203 g/mol. The van der Waals surface area contributed by atoms with Crippen LogP contribution in [0.25, 0.3) is 0 Å². The molecule has 0 aromatic rings. The van der Waals surface area contributed by atoms with Crippen molar-refractivity contribution in [3.8, 4) is 0 Å². The summed E-state index contributed by atoms with van der Waals surface area (Å²) in [6, 6.07) is -0.229. The molecule has 0 aliphatic carbocycles. The Morgan fingerprint density at radius 2 is 2.14 bits per heavy atom. The molecule has 0 radical (unpaired) electrons. The van der Waals surface area contributed by atoms with Gasteiger partial charge in [-0.25, -0.2) is 0 Å². The molecule has 0 saturated heterocycles. The molecule has 0 bridgehead atoms. The van der Waals surface area contributed by atoms with E-state index in [-0.39, 0.29) is 0 Å². The maximum atomic E-state index is 10.7. The first-order valence-electron chi connectivity index (χ1n) is 4.73. The van der Waals surface area contributed by atoms with Crippen molar-refractivity contribution in [2.75, 3.05) is 27.3 Å². The smallest absolute Gasteiger partial charge is 0.234 e. The fraction of sp³-hybridized carbons (Fsp3) is 0.889. The number of methoxy groups -OCH3 is 1. The topological polar surface area (TPSA) is 81.6 Å². The molecule has 0 spiro atoms. The van der Waals surface area contributed by atoms with E-state index in [1.54, 1.807) is 7.11 Å². The minimum Gasteiger partial charge on any atom is -0.383 e. The number of rotatable bonds is 7. The van der Waals surface area contributed by atoms with Gasteiger partial charge in [-0.2, -0.15) is 0 Å². The number of likely N-dealkylation sites (N-methyl/N-ethyl adjacent to an activating group) is 1. The van der Waals surface area contributed by atoms with Gasteiger partial charge in [0.25, 0.3) is 0 Å². The van der Waals surface area contributed by atoms with Crippen LogP contribution >= 0.6 is 0 Å². The predicted molar refractivity (Wildman–Crippen MR) is 55.8 cm³/mol. The Morgan fingerprint density at radius 3 is 2.57 bits per heavy atom. The Balaban J connectivity index is 3.72. The summed E-state index contributed by atoms with van der Waals surface area (Å²) in [5.74, 6) is -0.446. The van der Waals surface area contributed by atoms with Gasteiger partial charge in [0.15, 0.2) is 0 Å². The number of hydrogen-bond acceptors (Lipinski definition) is 4. The lowest BCUT2D eigenvalue weighted by molar-refractivity contribution is -0.119. The minimum absolute atomic E-state index is 0.320. The van der Waals surface area contributed by atoms with Crippen molar-refractivity contribution in [2.45, 2.75) is 25.4 Å². The molecule has 0 aromatic heterocycles. The normalized spacial score (nSPS) is 15.5. The van der Waals surface area contributed by atoms with Crippen molar-refractivity contribution >= 4 is 5.91 Å². The first-order chi connectivity index (χ1) is 6.49. The van der Waals surface area contributed by atoms with Crippen molar-refractivity contribution in [1.82, 2.24) is 4.90 Å². The lowest BCUT2D eigenvalue weighted by Crippen LogP contribution is -2.41. The van der Waals surface area contributed by atoms with Crippen LogP contribution in [0.4, 0.5) is 0 Å². The predicted octanol–water partition coefficient (Wildman–Crippen LogP) is -0.844. The van der Waals surface area contributed by atoms with E-state index in [4.69, 9.17) is 16.2 Å². The van der Waals surface area contributed by atoms with Gasteiger partial charge in [-0.3, -0.25) is 4.79 Å². The molecule has 0 aliphatic rings. The van der Waals surface area contributed by atoms with Crippen LogP contribution < -0.4 is 11.5 Å². The molecule has 14 heavy (non-hydrogen) atoms. The summed E-state index contributed by atoms with van der Waals surface area (Å²) in [7, 11) is 3.64. The van der Waals surface area contributed by atoms with Gasteiger partial charge in [-0.15, -0.1) is 0 Å². The summed E-state index contributed by atoms with van der Waals surface area (Å²) in [6.45, 7) is 3.47. The van der Waals surface area contributed by atoms with Crippen LogP contribution in [0.1, 0.15) is 13.3 Å². The number of nitrogens with zero attached hydrogens (tertiary/aromatic N) is 1. The second-order valence-electron chi connectivity index (χ2n) is 3.58. The third-order valence-corrected chi connectivity index (χ3v) is 2.32. The van der Waals surface area contributed by atoms with E-state index in [1.165, 1.54) is 0 Å². The van der Waals surface area contributed by atoms with Crippen LogP contribution in [-0.4, -0.2) is 50.2 Å². The molecule has 0 aromatic carbocycles. The quantitative estimate of drug-likeness (QED) is 0.565. The maximum absolute atomic E-state index is 10.7. The van der Waals surface area contributed by atoms with Gasteiger partial charge in [-0.05, 0) is 20.4 Å². The molecule has 0 saturated carbocycles. The molecule has 5 heteroatoms. The van der Waals surface area contributed by atoms with E-state index in [9.17, 15) is 4.79 Å². The van der Waals surface area contributed by atoms with E-state index in [0.717, 1.165) is 6.54 Å². The van der Waals surface area contributed by atoms with E-state index in [0.29, 0.717) is 19.1 Å². The van der Waals surface area contributed by atoms with Gasteiger partial charge in [0.05, 0.1) is 12.6 Å². The third-order valence-electron chi connectivity index (χ3n) is 2.32. The van der Waals surface area contributed by atoms with Crippen LogP contribution in [0.15, 0.2) is 0 Å². The number of amides is 1. The Bertz CT molecular complexity index is 175. The standard InChI is InChI=1S/C9H21N3O2/c1-7(6-14-3)12(2)5-4-8(10)9(11)13/h7-8H,4-6,10H2,1-3H3,(H2,11,13). The van der Waals surface area contributed by atoms with E-state index >= 15 is 0 Å². The van der Waals surface area contributed by atoms with Crippen LogP contribution in [-0.2, 0) is 9.53 Å². The second-order valence-corrected chi connectivity index (χ2v) is 3.58. The van der Waals surface area contributed by atoms with Gasteiger partial charge in [0.2, 0.25) is 5.91 Å². The molecule has 0 heterocycles. The molecule has 0 aliphatic heterocycles. The van der Waals surface area contributed by atoms with Crippen molar-refractivity contribution in [1.29, 1.82) is 0 Å². The summed E-state index contributed by atoms with van der Waals surface area (Å²) in [5.41, 5.74) is 10.6. The van der Waals surface area contributed by atoms with Crippen LogP contribution in [0.2, 0.25) is 0 Å². The van der Waals surface area contributed by atoms with Gasteiger partial charge in [-0.1, -0.05) is 0 Å². The highest BCUT2D eigenvalue weighted by atomic mass is 16.5. The highest BCUT2D eigenvalue weighted by Gasteiger charge is 2.13. The monoisotopic (exact) mass is 203 g/mol. The van der Waals surface area contributed by atoms with E-state index in [2.05, 4.69) is 11.8 Å². The number of hydrogen-bond donors (Lipinski definition) is 2. The highest BCUT2D eigenvalue weighted by molar-refractivity contribution is 5.79. The number of carbonyl (C=O) groups is 1. The lowest BCUT2D eigenvalue weighted by atomic mass is 10.2. The molecule has 1 amide bonds. The summed E-state index contributed by atoms with van der Waals surface area (Å²) >= 11 is 0. The molecule has 4 N–H and O–H groups in total. The first kappa shape index (κ1) is 13.4. The molecule has 84 valence electrons. The maximum Gasteiger partial charge on any atom is 0.234 e. The van der Waals surface area contributed by atoms with Gasteiger partial charge >= 0.3 is 0 Å². The zero-order valence-electron chi connectivity index (χ0n) is 9.19. The van der Waals surface area contributed by atoms with Crippen LogP contribution in [0, 0.1) is 0 Å². The largest absolute Gasteiger partial charge is 0.383 e. The fourth-order valence-electron chi connectivity index (χ4n) is 1.07. The third kappa shape index (κ3) is 5.16. The SMILES string of the molecule is COCC(C)N(C)CCC(N)C(N)=O. The average Bonchev–Trinajstić information content (AvgIpc) is 2.13. The fourth-order valence-corrected chi connectivity index (χ4v) is 1.07. The summed E-state index contributed by atoms with van der Waals surface area (Å²) in [6.07, 6.45) is 0.583. The van der Waals surface area contributed by atoms with Crippen molar-refractivity contribution in [3.63, 3.8) is 0 Å². The van der Waals surface area contributed by atoms with Crippen LogP contribution in [0.3, 0.4) is 0 Å². The van der Waals surface area contributed by atoms with Gasteiger partial charge < -0.3 is 21.1 Å². The van der Waals surface area contributed by atoms with Gasteiger partial charge in [0.1, 0.15) is 0 Å². The number of primary amides is 1. The Morgan fingerprint density at radius 1 is 1.57 bits per heavy atom. The summed E-state index contributed by atoms with van der Waals surface area (Å²) in [4.78, 5) is 12.8. The molecular formula is C9H21N3O2. The first-order valence-corrected chi connectivity index (χ1v) is 4.73. The number of carbonyl (C=O) groups excluding carboxylic acids is 1. The Labute approximate surface area is 85.4 Å². The van der Waals surface area contributed by atoms with Crippen molar-refractivity contribution in [3.05, 3.63) is 0 Å². The van der Waals surface area contributed by atoms with E-state index in [1.807, 2.05) is 7.05 Å². The molecule has 2 atom stereocenters. The zero-order chi connectivity index (χ0) is 11.1. The molecule has 0 fully saturated rings.